The summed E-state index contributed by atoms with van der Waals surface area (Å²) in [7, 11) is 0. The summed E-state index contributed by atoms with van der Waals surface area (Å²) in [5, 5.41) is 6.33. The fourth-order valence-corrected chi connectivity index (χ4v) is 2.49. The Bertz CT molecular complexity index is 419. The van der Waals surface area contributed by atoms with E-state index in [2.05, 4.69) is 23.6 Å². The van der Waals surface area contributed by atoms with Crippen molar-refractivity contribution in [3.8, 4) is 0 Å². The van der Waals surface area contributed by atoms with Crippen molar-refractivity contribution in [3.05, 3.63) is 29.8 Å². The first-order valence-electron chi connectivity index (χ1n) is 6.36. The van der Waals surface area contributed by atoms with Crippen molar-refractivity contribution < 1.29 is 4.79 Å². The summed E-state index contributed by atoms with van der Waals surface area (Å²) in [5.74, 6) is 1.65. The molecule has 1 aromatic carbocycles. The number of carbonyl (C=O) groups excluding carboxylic acids is 1. The summed E-state index contributed by atoms with van der Waals surface area (Å²) in [5.41, 5.74) is 2.35. The molecule has 0 radical (unpaired) electrons. The van der Waals surface area contributed by atoms with Crippen molar-refractivity contribution >= 4 is 11.6 Å². The van der Waals surface area contributed by atoms with Crippen molar-refractivity contribution in [3.63, 3.8) is 0 Å². The highest BCUT2D eigenvalue weighted by Crippen LogP contribution is 2.36. The molecule has 3 unspecified atom stereocenters. The third-order valence-electron chi connectivity index (χ3n) is 3.90. The average molecular weight is 230 g/mol. The molecule has 2 N–H and O–H groups in total. The van der Waals surface area contributed by atoms with Crippen LogP contribution in [-0.2, 0) is 11.2 Å². The van der Waals surface area contributed by atoms with E-state index < -0.39 is 0 Å². The summed E-state index contributed by atoms with van der Waals surface area (Å²) in [6, 6.07) is 8.05. The second-order valence-electron chi connectivity index (χ2n) is 5.28. The second kappa shape index (κ2) is 4.06. The zero-order valence-corrected chi connectivity index (χ0v) is 10.1. The third kappa shape index (κ3) is 2.14. The van der Waals surface area contributed by atoms with Crippen molar-refractivity contribution in [2.45, 2.75) is 25.8 Å². The standard InChI is InChI=1S/C14H18N2O/c1-9-6-11(9)8-15-14(17)13-7-10-4-2-3-5-12(10)16-13/h2-5,9,11,13,16H,6-8H2,1H3,(H,15,17). The van der Waals surface area contributed by atoms with Crippen LogP contribution in [0.4, 0.5) is 5.69 Å². The number of benzene rings is 1. The first-order chi connectivity index (χ1) is 8.24. The number of hydrogen-bond acceptors (Lipinski definition) is 2. The first kappa shape index (κ1) is 10.6. The van der Waals surface area contributed by atoms with Crippen LogP contribution >= 0.6 is 0 Å². The lowest BCUT2D eigenvalue weighted by Gasteiger charge is -2.11. The molecule has 90 valence electrons. The van der Waals surface area contributed by atoms with Gasteiger partial charge in [0.15, 0.2) is 0 Å². The van der Waals surface area contributed by atoms with E-state index in [0.29, 0.717) is 5.92 Å². The highest BCUT2D eigenvalue weighted by molar-refractivity contribution is 5.87. The molecule has 1 fully saturated rings. The monoisotopic (exact) mass is 230 g/mol. The van der Waals surface area contributed by atoms with Gasteiger partial charge >= 0.3 is 0 Å². The second-order valence-corrected chi connectivity index (χ2v) is 5.28. The van der Waals surface area contributed by atoms with Gasteiger partial charge in [-0.25, -0.2) is 0 Å². The Balaban J connectivity index is 1.55. The number of amides is 1. The van der Waals surface area contributed by atoms with Crippen LogP contribution in [0.15, 0.2) is 24.3 Å². The molecule has 1 aromatic rings. The molecule has 1 amide bonds. The van der Waals surface area contributed by atoms with E-state index in [1.165, 1.54) is 12.0 Å². The maximum absolute atomic E-state index is 12.0. The lowest BCUT2D eigenvalue weighted by Crippen LogP contribution is -2.39. The number of nitrogens with one attached hydrogen (secondary N) is 2. The predicted molar refractivity (Wildman–Crippen MR) is 67.8 cm³/mol. The maximum atomic E-state index is 12.0. The molecular formula is C14H18N2O. The van der Waals surface area contributed by atoms with E-state index in [1.807, 2.05) is 18.2 Å². The lowest BCUT2D eigenvalue weighted by molar-refractivity contribution is -0.121. The SMILES string of the molecule is CC1CC1CNC(=O)C1Cc2ccccc2N1. The molecule has 1 heterocycles. The molecule has 1 aliphatic carbocycles. The van der Waals surface area contributed by atoms with Crippen LogP contribution in [-0.4, -0.2) is 18.5 Å². The molecule has 3 heteroatoms. The van der Waals surface area contributed by atoms with Gasteiger partial charge in [-0.1, -0.05) is 25.1 Å². The highest BCUT2D eigenvalue weighted by atomic mass is 16.2. The molecule has 17 heavy (non-hydrogen) atoms. The Morgan fingerprint density at radius 3 is 2.94 bits per heavy atom. The van der Waals surface area contributed by atoms with E-state index in [0.717, 1.165) is 24.6 Å². The van der Waals surface area contributed by atoms with Gasteiger partial charge in [0.2, 0.25) is 5.91 Å². The van der Waals surface area contributed by atoms with Gasteiger partial charge in [-0.15, -0.1) is 0 Å². The fourth-order valence-electron chi connectivity index (χ4n) is 2.49. The fraction of sp³-hybridized carbons (Fsp3) is 0.500. The van der Waals surface area contributed by atoms with E-state index >= 15 is 0 Å². The van der Waals surface area contributed by atoms with Crippen LogP contribution in [0.3, 0.4) is 0 Å². The Morgan fingerprint density at radius 2 is 2.24 bits per heavy atom. The number of anilines is 1. The van der Waals surface area contributed by atoms with E-state index in [4.69, 9.17) is 0 Å². The van der Waals surface area contributed by atoms with Gasteiger partial charge in [0.25, 0.3) is 0 Å². The molecule has 1 saturated carbocycles. The maximum Gasteiger partial charge on any atom is 0.242 e. The Kier molecular flexibility index (Phi) is 2.54. The normalized spacial score (nSPS) is 29.4. The number of hydrogen-bond donors (Lipinski definition) is 2. The third-order valence-corrected chi connectivity index (χ3v) is 3.90. The molecule has 1 aliphatic heterocycles. The molecular weight excluding hydrogens is 212 g/mol. The molecule has 3 nitrogen and oxygen atoms in total. The summed E-state index contributed by atoms with van der Waals surface area (Å²) in [6.45, 7) is 3.08. The smallest absolute Gasteiger partial charge is 0.242 e. The highest BCUT2D eigenvalue weighted by Gasteiger charge is 2.33. The van der Waals surface area contributed by atoms with Crippen molar-refractivity contribution in [1.29, 1.82) is 0 Å². The van der Waals surface area contributed by atoms with Crippen molar-refractivity contribution in [1.82, 2.24) is 5.32 Å². The molecule has 3 atom stereocenters. The van der Waals surface area contributed by atoms with Crippen LogP contribution in [0.5, 0.6) is 0 Å². The van der Waals surface area contributed by atoms with Gasteiger partial charge in [-0.3, -0.25) is 4.79 Å². The lowest BCUT2D eigenvalue weighted by atomic mass is 10.1. The van der Waals surface area contributed by atoms with Crippen LogP contribution in [0, 0.1) is 11.8 Å². The number of carbonyl (C=O) groups is 1. The molecule has 3 rings (SSSR count). The molecule has 0 aromatic heterocycles. The van der Waals surface area contributed by atoms with E-state index in [-0.39, 0.29) is 11.9 Å². The van der Waals surface area contributed by atoms with Gasteiger partial charge < -0.3 is 10.6 Å². The van der Waals surface area contributed by atoms with Crippen molar-refractivity contribution in [2.24, 2.45) is 11.8 Å². The Hall–Kier alpha value is -1.51. The van der Waals surface area contributed by atoms with E-state index in [1.54, 1.807) is 0 Å². The molecule has 2 aliphatic rings. The van der Waals surface area contributed by atoms with Gasteiger partial charge in [-0.05, 0) is 29.9 Å². The van der Waals surface area contributed by atoms with Gasteiger partial charge in [0.05, 0.1) is 0 Å². The largest absolute Gasteiger partial charge is 0.373 e. The summed E-state index contributed by atoms with van der Waals surface area (Å²) in [6.07, 6.45) is 2.07. The van der Waals surface area contributed by atoms with Gasteiger partial charge in [0.1, 0.15) is 6.04 Å². The minimum absolute atomic E-state index is 0.0820. The molecule has 0 bridgehead atoms. The molecule has 0 saturated heterocycles. The summed E-state index contributed by atoms with van der Waals surface area (Å²) >= 11 is 0. The summed E-state index contributed by atoms with van der Waals surface area (Å²) < 4.78 is 0. The zero-order chi connectivity index (χ0) is 11.8. The van der Waals surface area contributed by atoms with Crippen LogP contribution in [0.25, 0.3) is 0 Å². The predicted octanol–water partition coefficient (Wildman–Crippen LogP) is 1.80. The van der Waals surface area contributed by atoms with Crippen LogP contribution in [0.1, 0.15) is 18.9 Å². The number of rotatable bonds is 3. The van der Waals surface area contributed by atoms with Crippen LogP contribution < -0.4 is 10.6 Å². The molecule has 0 spiro atoms. The minimum atomic E-state index is -0.0820. The van der Waals surface area contributed by atoms with Gasteiger partial charge in [0, 0.05) is 18.7 Å². The summed E-state index contributed by atoms with van der Waals surface area (Å²) in [4.78, 5) is 12.0. The number of para-hydroxylation sites is 1. The first-order valence-corrected chi connectivity index (χ1v) is 6.36. The average Bonchev–Trinajstić information content (AvgIpc) is 2.89. The zero-order valence-electron chi connectivity index (χ0n) is 10.1. The van der Waals surface area contributed by atoms with Gasteiger partial charge in [-0.2, -0.15) is 0 Å². The van der Waals surface area contributed by atoms with Crippen molar-refractivity contribution in [2.75, 3.05) is 11.9 Å². The quantitative estimate of drug-likeness (QED) is 0.831. The minimum Gasteiger partial charge on any atom is -0.373 e. The Labute approximate surface area is 102 Å². The Morgan fingerprint density at radius 1 is 1.47 bits per heavy atom. The van der Waals surface area contributed by atoms with Crippen LogP contribution in [0.2, 0.25) is 0 Å². The number of fused-ring (bicyclic) bond motifs is 1. The van der Waals surface area contributed by atoms with E-state index in [9.17, 15) is 4.79 Å². The topological polar surface area (TPSA) is 41.1 Å².